The fourth-order valence-corrected chi connectivity index (χ4v) is 1.07. The van der Waals surface area contributed by atoms with Gasteiger partial charge in [0.25, 0.3) is 0 Å². The number of ether oxygens (including phenoxy) is 1. The molecule has 0 spiro atoms. The van der Waals surface area contributed by atoms with Gasteiger partial charge in [0, 0.05) is 14.1 Å². The number of carbonyl (C=O) groups excluding carboxylic acids is 1. The summed E-state index contributed by atoms with van der Waals surface area (Å²) in [5.74, 6) is 0.736. The summed E-state index contributed by atoms with van der Waals surface area (Å²) >= 11 is 0. The zero-order valence-electron chi connectivity index (χ0n) is 7.86. The van der Waals surface area contributed by atoms with Gasteiger partial charge in [-0.1, -0.05) is 12.1 Å². The Morgan fingerprint density at radius 2 is 2.08 bits per heavy atom. The molecule has 13 heavy (non-hydrogen) atoms. The van der Waals surface area contributed by atoms with Crippen LogP contribution in [0.25, 0.3) is 0 Å². The van der Waals surface area contributed by atoms with Gasteiger partial charge in [-0.05, 0) is 12.1 Å². The maximum atomic E-state index is 10.1. The number of benzene rings is 1. The van der Waals surface area contributed by atoms with Crippen LogP contribution in [0.15, 0.2) is 24.3 Å². The molecule has 0 saturated carbocycles. The molecule has 3 nitrogen and oxygen atoms in total. The predicted molar refractivity (Wildman–Crippen MR) is 52.3 cm³/mol. The molecule has 0 bridgehead atoms. The molecule has 0 aliphatic rings. The summed E-state index contributed by atoms with van der Waals surface area (Å²) in [6, 6.07) is 7.61. The average molecular weight is 179 g/mol. The molecular formula is C10H13NO2. The zero-order chi connectivity index (χ0) is 9.68. The SMILES string of the molecule is CN(C)c1ccccc1OCC=O. The Kier molecular flexibility index (Phi) is 3.31. The Labute approximate surface area is 77.9 Å². The Bertz CT molecular complexity index is 284. The highest BCUT2D eigenvalue weighted by Gasteiger charge is 2.02. The van der Waals surface area contributed by atoms with E-state index in [1.165, 1.54) is 0 Å². The second kappa shape index (κ2) is 4.50. The molecular weight excluding hydrogens is 166 g/mol. The van der Waals surface area contributed by atoms with Gasteiger partial charge in [-0.25, -0.2) is 0 Å². The average Bonchev–Trinajstić information content (AvgIpc) is 2.15. The van der Waals surface area contributed by atoms with Crippen molar-refractivity contribution >= 4 is 12.0 Å². The molecule has 0 atom stereocenters. The largest absolute Gasteiger partial charge is 0.484 e. The molecule has 0 N–H and O–H groups in total. The summed E-state index contributed by atoms with van der Waals surface area (Å²) in [5, 5.41) is 0. The van der Waals surface area contributed by atoms with Gasteiger partial charge in [-0.3, -0.25) is 4.79 Å². The van der Waals surface area contributed by atoms with E-state index in [-0.39, 0.29) is 6.61 Å². The predicted octanol–water partition coefficient (Wildman–Crippen LogP) is 1.33. The van der Waals surface area contributed by atoms with E-state index in [9.17, 15) is 4.79 Å². The highest BCUT2D eigenvalue weighted by molar-refractivity contribution is 5.59. The minimum Gasteiger partial charge on any atom is -0.484 e. The standard InChI is InChI=1S/C10H13NO2/c1-11(2)9-5-3-4-6-10(9)13-8-7-12/h3-7H,8H2,1-2H3. The first kappa shape index (κ1) is 9.58. The Hall–Kier alpha value is -1.51. The first-order valence-electron chi connectivity index (χ1n) is 4.08. The van der Waals surface area contributed by atoms with Gasteiger partial charge < -0.3 is 9.64 Å². The lowest BCUT2D eigenvalue weighted by atomic mass is 10.3. The van der Waals surface area contributed by atoms with E-state index in [1.807, 2.05) is 43.3 Å². The van der Waals surface area contributed by atoms with Crippen molar-refractivity contribution in [2.45, 2.75) is 0 Å². The monoisotopic (exact) mass is 179 g/mol. The number of hydrogen-bond acceptors (Lipinski definition) is 3. The van der Waals surface area contributed by atoms with Crippen molar-refractivity contribution < 1.29 is 9.53 Å². The van der Waals surface area contributed by atoms with E-state index in [0.717, 1.165) is 17.7 Å². The number of aldehydes is 1. The Morgan fingerprint density at radius 1 is 1.38 bits per heavy atom. The van der Waals surface area contributed by atoms with Crippen LogP contribution in [-0.4, -0.2) is 27.0 Å². The highest BCUT2D eigenvalue weighted by Crippen LogP contribution is 2.25. The molecule has 0 radical (unpaired) electrons. The number of nitrogens with zero attached hydrogens (tertiary/aromatic N) is 1. The summed E-state index contributed by atoms with van der Waals surface area (Å²) in [6.45, 7) is 0.102. The van der Waals surface area contributed by atoms with Gasteiger partial charge in [0.15, 0.2) is 6.29 Å². The minimum absolute atomic E-state index is 0.102. The molecule has 0 fully saturated rings. The maximum Gasteiger partial charge on any atom is 0.157 e. The third-order valence-electron chi connectivity index (χ3n) is 1.65. The second-order valence-electron chi connectivity index (χ2n) is 2.84. The van der Waals surface area contributed by atoms with Gasteiger partial charge in [-0.2, -0.15) is 0 Å². The van der Waals surface area contributed by atoms with Gasteiger partial charge in [0.05, 0.1) is 5.69 Å². The smallest absolute Gasteiger partial charge is 0.157 e. The van der Waals surface area contributed by atoms with Crippen LogP contribution in [0.3, 0.4) is 0 Å². The van der Waals surface area contributed by atoms with Crippen LogP contribution in [0.2, 0.25) is 0 Å². The van der Waals surface area contributed by atoms with Crippen LogP contribution in [0.1, 0.15) is 0 Å². The van der Waals surface area contributed by atoms with Crippen LogP contribution in [0, 0.1) is 0 Å². The van der Waals surface area contributed by atoms with E-state index >= 15 is 0 Å². The quantitative estimate of drug-likeness (QED) is 0.653. The molecule has 1 aromatic rings. The van der Waals surface area contributed by atoms with Crippen molar-refractivity contribution in [3.63, 3.8) is 0 Å². The van der Waals surface area contributed by atoms with E-state index in [4.69, 9.17) is 4.74 Å². The van der Waals surface area contributed by atoms with E-state index in [2.05, 4.69) is 0 Å². The maximum absolute atomic E-state index is 10.1. The molecule has 0 aliphatic heterocycles. The number of rotatable bonds is 4. The van der Waals surface area contributed by atoms with Crippen LogP contribution < -0.4 is 9.64 Å². The number of para-hydroxylation sites is 2. The molecule has 3 heteroatoms. The zero-order valence-corrected chi connectivity index (χ0v) is 7.86. The van der Waals surface area contributed by atoms with Gasteiger partial charge >= 0.3 is 0 Å². The van der Waals surface area contributed by atoms with Crippen molar-refractivity contribution in [3.8, 4) is 5.75 Å². The first-order chi connectivity index (χ1) is 6.25. The number of anilines is 1. The lowest BCUT2D eigenvalue weighted by Crippen LogP contribution is -2.11. The van der Waals surface area contributed by atoms with Crippen molar-refractivity contribution in [1.82, 2.24) is 0 Å². The summed E-state index contributed by atoms with van der Waals surface area (Å²) in [6.07, 6.45) is 0.742. The molecule has 0 unspecified atom stereocenters. The van der Waals surface area contributed by atoms with Crippen molar-refractivity contribution in [3.05, 3.63) is 24.3 Å². The number of carbonyl (C=O) groups is 1. The summed E-state index contributed by atoms with van der Waals surface area (Å²) in [7, 11) is 3.87. The fourth-order valence-electron chi connectivity index (χ4n) is 1.07. The molecule has 0 amide bonds. The lowest BCUT2D eigenvalue weighted by Gasteiger charge is -2.16. The minimum atomic E-state index is 0.102. The van der Waals surface area contributed by atoms with Crippen LogP contribution in [-0.2, 0) is 4.79 Å². The summed E-state index contributed by atoms with van der Waals surface area (Å²) in [5.41, 5.74) is 0.976. The molecule has 1 aromatic carbocycles. The Morgan fingerprint density at radius 3 is 2.69 bits per heavy atom. The molecule has 70 valence electrons. The highest BCUT2D eigenvalue weighted by atomic mass is 16.5. The number of hydrogen-bond donors (Lipinski definition) is 0. The van der Waals surface area contributed by atoms with Crippen molar-refractivity contribution in [1.29, 1.82) is 0 Å². The fraction of sp³-hybridized carbons (Fsp3) is 0.300. The van der Waals surface area contributed by atoms with Crippen LogP contribution in [0.4, 0.5) is 5.69 Å². The van der Waals surface area contributed by atoms with E-state index in [1.54, 1.807) is 0 Å². The molecule has 0 aromatic heterocycles. The molecule has 0 saturated heterocycles. The second-order valence-corrected chi connectivity index (χ2v) is 2.84. The third-order valence-corrected chi connectivity index (χ3v) is 1.65. The molecule has 0 heterocycles. The van der Waals surface area contributed by atoms with Crippen LogP contribution in [0.5, 0.6) is 5.75 Å². The van der Waals surface area contributed by atoms with Gasteiger partial charge in [-0.15, -0.1) is 0 Å². The van der Waals surface area contributed by atoms with Crippen molar-refractivity contribution in [2.24, 2.45) is 0 Å². The summed E-state index contributed by atoms with van der Waals surface area (Å²) < 4.78 is 5.24. The first-order valence-corrected chi connectivity index (χ1v) is 4.08. The third kappa shape index (κ3) is 2.47. The van der Waals surface area contributed by atoms with E-state index < -0.39 is 0 Å². The van der Waals surface area contributed by atoms with Crippen LogP contribution >= 0.6 is 0 Å². The van der Waals surface area contributed by atoms with Gasteiger partial charge in [0.1, 0.15) is 12.4 Å². The normalized spacial score (nSPS) is 9.38. The topological polar surface area (TPSA) is 29.5 Å². The Balaban J connectivity index is 2.84. The van der Waals surface area contributed by atoms with Crippen molar-refractivity contribution in [2.75, 3.05) is 25.6 Å². The summed E-state index contributed by atoms with van der Waals surface area (Å²) in [4.78, 5) is 12.1. The van der Waals surface area contributed by atoms with Gasteiger partial charge in [0.2, 0.25) is 0 Å². The molecule has 1 rings (SSSR count). The molecule has 0 aliphatic carbocycles. The van der Waals surface area contributed by atoms with E-state index in [0.29, 0.717) is 0 Å². The lowest BCUT2D eigenvalue weighted by molar-refractivity contribution is -0.109.